The van der Waals surface area contributed by atoms with Gasteiger partial charge in [-0.2, -0.15) is 0 Å². The standard InChI is InChI=1S/C14H21NO4/c1-4-14(2,3)19-13(18)15-12(17)11(16)10-8-6-5-7-9-10/h5-9,11-12,16-17H,4H2,1-3H3,(H,15,18). The van der Waals surface area contributed by atoms with Crippen LogP contribution in [0, 0.1) is 0 Å². The van der Waals surface area contributed by atoms with Gasteiger partial charge in [0.25, 0.3) is 0 Å². The summed E-state index contributed by atoms with van der Waals surface area (Å²) in [4.78, 5) is 11.6. The molecule has 5 nitrogen and oxygen atoms in total. The van der Waals surface area contributed by atoms with E-state index in [4.69, 9.17) is 4.74 Å². The zero-order chi connectivity index (χ0) is 14.5. The van der Waals surface area contributed by atoms with Gasteiger partial charge in [-0.1, -0.05) is 37.3 Å². The van der Waals surface area contributed by atoms with E-state index in [0.29, 0.717) is 12.0 Å². The summed E-state index contributed by atoms with van der Waals surface area (Å²) in [7, 11) is 0. The Kier molecular flexibility index (Phi) is 5.32. The average Bonchev–Trinajstić information content (AvgIpc) is 2.38. The Labute approximate surface area is 113 Å². The Bertz CT molecular complexity index is 405. The quantitative estimate of drug-likeness (QED) is 0.712. The number of ether oxygens (including phenoxy) is 1. The molecule has 0 aliphatic heterocycles. The first-order chi connectivity index (χ1) is 8.85. The van der Waals surface area contributed by atoms with Crippen molar-refractivity contribution >= 4 is 6.09 Å². The molecule has 3 N–H and O–H groups in total. The number of amides is 1. The van der Waals surface area contributed by atoms with E-state index in [1.54, 1.807) is 44.2 Å². The lowest BCUT2D eigenvalue weighted by Crippen LogP contribution is -2.42. The van der Waals surface area contributed by atoms with Crippen LogP contribution in [0.3, 0.4) is 0 Å². The summed E-state index contributed by atoms with van der Waals surface area (Å²) in [6, 6.07) is 8.61. The van der Waals surface area contributed by atoms with Crippen LogP contribution in [0.2, 0.25) is 0 Å². The van der Waals surface area contributed by atoms with Crippen LogP contribution in [-0.4, -0.2) is 28.1 Å². The van der Waals surface area contributed by atoms with E-state index in [0.717, 1.165) is 0 Å². The van der Waals surface area contributed by atoms with Gasteiger partial charge < -0.3 is 14.9 Å². The van der Waals surface area contributed by atoms with Crippen molar-refractivity contribution < 1.29 is 19.7 Å². The van der Waals surface area contributed by atoms with E-state index in [1.165, 1.54) is 0 Å². The van der Waals surface area contributed by atoms with Gasteiger partial charge in [0.15, 0.2) is 6.23 Å². The summed E-state index contributed by atoms with van der Waals surface area (Å²) in [6.45, 7) is 5.43. The van der Waals surface area contributed by atoms with Crippen LogP contribution >= 0.6 is 0 Å². The van der Waals surface area contributed by atoms with Gasteiger partial charge in [0.05, 0.1) is 0 Å². The lowest BCUT2D eigenvalue weighted by Gasteiger charge is -2.25. The number of carbonyl (C=O) groups is 1. The molecule has 1 rings (SSSR count). The fourth-order valence-corrected chi connectivity index (χ4v) is 1.38. The first-order valence-corrected chi connectivity index (χ1v) is 6.26. The van der Waals surface area contributed by atoms with Crippen LogP contribution in [0.15, 0.2) is 30.3 Å². The van der Waals surface area contributed by atoms with Crippen LogP contribution in [-0.2, 0) is 4.74 Å². The molecular formula is C14H21NO4. The van der Waals surface area contributed by atoms with E-state index in [9.17, 15) is 15.0 Å². The average molecular weight is 267 g/mol. The van der Waals surface area contributed by atoms with Crippen molar-refractivity contribution in [3.05, 3.63) is 35.9 Å². The second kappa shape index (κ2) is 6.54. The lowest BCUT2D eigenvalue weighted by atomic mass is 10.1. The smallest absolute Gasteiger partial charge is 0.409 e. The molecule has 0 saturated heterocycles. The monoisotopic (exact) mass is 267 g/mol. The SMILES string of the molecule is CCC(C)(C)OC(=O)NC(O)C(O)c1ccccc1. The topological polar surface area (TPSA) is 78.8 Å². The highest BCUT2D eigenvalue weighted by Gasteiger charge is 2.25. The Morgan fingerprint density at radius 3 is 2.42 bits per heavy atom. The molecule has 1 aromatic carbocycles. The number of carbonyl (C=O) groups excluding carboxylic acids is 1. The third-order valence-electron chi connectivity index (χ3n) is 2.93. The molecular weight excluding hydrogens is 246 g/mol. The number of alkyl carbamates (subject to hydrolysis) is 1. The van der Waals surface area contributed by atoms with E-state index in [-0.39, 0.29) is 0 Å². The molecule has 1 aromatic rings. The molecule has 1 amide bonds. The van der Waals surface area contributed by atoms with Crippen molar-refractivity contribution in [2.24, 2.45) is 0 Å². The summed E-state index contributed by atoms with van der Waals surface area (Å²) in [6.07, 6.45) is -2.71. The number of benzene rings is 1. The van der Waals surface area contributed by atoms with Crippen molar-refractivity contribution in [1.82, 2.24) is 5.32 Å². The number of hydrogen-bond donors (Lipinski definition) is 3. The largest absolute Gasteiger partial charge is 0.443 e. The molecule has 0 heterocycles. The molecule has 0 fully saturated rings. The third-order valence-corrected chi connectivity index (χ3v) is 2.93. The van der Waals surface area contributed by atoms with E-state index >= 15 is 0 Å². The van der Waals surface area contributed by atoms with Crippen molar-refractivity contribution in [1.29, 1.82) is 0 Å². The highest BCUT2D eigenvalue weighted by Crippen LogP contribution is 2.17. The van der Waals surface area contributed by atoms with Crippen LogP contribution in [0.4, 0.5) is 4.79 Å². The summed E-state index contributed by atoms with van der Waals surface area (Å²) >= 11 is 0. The minimum absolute atomic E-state index is 0.519. The fourth-order valence-electron chi connectivity index (χ4n) is 1.38. The predicted octanol–water partition coefficient (Wildman–Crippen LogP) is 1.95. The highest BCUT2D eigenvalue weighted by molar-refractivity contribution is 5.68. The van der Waals surface area contributed by atoms with Gasteiger partial charge in [0.2, 0.25) is 0 Å². The second-order valence-electron chi connectivity index (χ2n) is 4.95. The molecule has 0 radical (unpaired) electrons. The molecule has 0 aliphatic rings. The van der Waals surface area contributed by atoms with Crippen molar-refractivity contribution in [2.45, 2.75) is 45.1 Å². The van der Waals surface area contributed by atoms with Gasteiger partial charge in [0, 0.05) is 0 Å². The molecule has 0 aliphatic carbocycles. The maximum Gasteiger partial charge on any atom is 0.409 e. The molecule has 2 atom stereocenters. The molecule has 2 unspecified atom stereocenters. The normalized spacial score (nSPS) is 14.6. The Balaban J connectivity index is 2.55. The zero-order valence-electron chi connectivity index (χ0n) is 11.5. The number of nitrogens with one attached hydrogen (secondary N) is 1. The zero-order valence-corrected chi connectivity index (χ0v) is 11.5. The second-order valence-corrected chi connectivity index (χ2v) is 4.95. The number of rotatable bonds is 5. The van der Waals surface area contributed by atoms with Crippen molar-refractivity contribution in [3.8, 4) is 0 Å². The van der Waals surface area contributed by atoms with Gasteiger partial charge in [-0.15, -0.1) is 0 Å². The first kappa shape index (κ1) is 15.5. The minimum Gasteiger partial charge on any atom is -0.443 e. The van der Waals surface area contributed by atoms with Crippen LogP contribution < -0.4 is 5.32 Å². The molecule has 0 saturated carbocycles. The fraction of sp³-hybridized carbons (Fsp3) is 0.500. The van der Waals surface area contributed by atoms with Crippen molar-refractivity contribution in [2.75, 3.05) is 0 Å². The molecule has 0 spiro atoms. The van der Waals surface area contributed by atoms with Crippen LogP contribution in [0.5, 0.6) is 0 Å². The van der Waals surface area contributed by atoms with Crippen LogP contribution in [0.25, 0.3) is 0 Å². The molecule has 0 bridgehead atoms. The maximum absolute atomic E-state index is 11.6. The summed E-state index contributed by atoms with van der Waals surface area (Å²) in [5.41, 5.74) is -0.0911. The Hall–Kier alpha value is -1.59. The molecule has 0 aromatic heterocycles. The van der Waals surface area contributed by atoms with E-state index in [1.807, 2.05) is 6.92 Å². The van der Waals surface area contributed by atoms with Gasteiger partial charge in [-0.05, 0) is 25.8 Å². The van der Waals surface area contributed by atoms with Gasteiger partial charge in [-0.3, -0.25) is 5.32 Å². The minimum atomic E-state index is -1.41. The third kappa shape index (κ3) is 4.89. The van der Waals surface area contributed by atoms with Gasteiger partial charge in [-0.25, -0.2) is 4.79 Å². The number of aliphatic hydroxyl groups excluding tert-OH is 2. The molecule has 5 heteroatoms. The van der Waals surface area contributed by atoms with Crippen molar-refractivity contribution in [3.63, 3.8) is 0 Å². The summed E-state index contributed by atoms with van der Waals surface area (Å²) < 4.78 is 5.12. The number of hydrogen-bond acceptors (Lipinski definition) is 4. The van der Waals surface area contributed by atoms with E-state index < -0.39 is 24.0 Å². The Morgan fingerprint density at radius 2 is 1.89 bits per heavy atom. The number of aliphatic hydroxyl groups is 2. The lowest BCUT2D eigenvalue weighted by molar-refractivity contribution is -0.0193. The maximum atomic E-state index is 11.6. The van der Waals surface area contributed by atoms with Crippen LogP contribution in [0.1, 0.15) is 38.9 Å². The molecule has 106 valence electrons. The summed E-state index contributed by atoms with van der Waals surface area (Å²) in [5.74, 6) is 0. The summed E-state index contributed by atoms with van der Waals surface area (Å²) in [5, 5.41) is 21.8. The van der Waals surface area contributed by atoms with Gasteiger partial charge >= 0.3 is 6.09 Å². The predicted molar refractivity (Wildman–Crippen MR) is 71.4 cm³/mol. The first-order valence-electron chi connectivity index (χ1n) is 6.26. The highest BCUT2D eigenvalue weighted by atomic mass is 16.6. The molecule has 19 heavy (non-hydrogen) atoms. The van der Waals surface area contributed by atoms with E-state index in [2.05, 4.69) is 5.32 Å². The van der Waals surface area contributed by atoms with Gasteiger partial charge in [0.1, 0.15) is 11.7 Å². The Morgan fingerprint density at radius 1 is 1.32 bits per heavy atom.